The van der Waals surface area contributed by atoms with E-state index in [-0.39, 0.29) is 5.56 Å². The third kappa shape index (κ3) is 5.80. The first kappa shape index (κ1) is 19.8. The lowest BCUT2D eigenvalue weighted by molar-refractivity contribution is -0.208. The molecule has 0 saturated carbocycles. The Morgan fingerprint density at radius 3 is 2.46 bits per heavy atom. The fraction of sp³-hybridized carbons (Fsp3) is 0.444. The Hall–Kier alpha value is -2.48. The second kappa shape index (κ2) is 7.82. The Morgan fingerprint density at radius 2 is 1.85 bits per heavy atom. The second-order valence-electron chi connectivity index (χ2n) is 6.57. The van der Waals surface area contributed by atoms with Crippen molar-refractivity contribution < 1.29 is 37.3 Å². The van der Waals surface area contributed by atoms with Gasteiger partial charge in [0, 0.05) is 0 Å². The van der Waals surface area contributed by atoms with E-state index in [9.17, 15) is 18.4 Å². The summed E-state index contributed by atoms with van der Waals surface area (Å²) in [6.45, 7) is 4.18. The van der Waals surface area contributed by atoms with Gasteiger partial charge in [-0.05, 0) is 45.1 Å². The number of hydrogen-bond donors (Lipinski definition) is 0. The first-order chi connectivity index (χ1) is 12.1. The molecular formula is C18H20F2O6. The van der Waals surface area contributed by atoms with E-state index in [1.165, 1.54) is 12.1 Å². The minimum absolute atomic E-state index is 0.226. The summed E-state index contributed by atoms with van der Waals surface area (Å²) in [4.78, 5) is 23.5. The molecule has 26 heavy (non-hydrogen) atoms. The summed E-state index contributed by atoms with van der Waals surface area (Å²) in [6.07, 6.45) is -2.78. The van der Waals surface area contributed by atoms with Gasteiger partial charge >= 0.3 is 12.1 Å². The highest BCUT2D eigenvalue weighted by Gasteiger charge is 2.44. The van der Waals surface area contributed by atoms with E-state index in [0.717, 1.165) is 6.08 Å². The molecule has 2 atom stereocenters. The summed E-state index contributed by atoms with van der Waals surface area (Å²) in [5.41, 5.74) is -0.576. The standard InChI is InChI=1S/C18H20F2O6/c1-17(2,3)26-16(22)25-14-9-10-18(19,20)13(24-14)11-23-15(21)12-7-5-4-6-8-12/h4-10,13-14H,11H2,1-3H3/t13-,14+/m1/s1. The van der Waals surface area contributed by atoms with E-state index in [0.29, 0.717) is 6.08 Å². The topological polar surface area (TPSA) is 71.1 Å². The normalized spacial score (nSPS) is 21.7. The number of carbonyl (C=O) groups is 2. The predicted molar refractivity (Wildman–Crippen MR) is 86.8 cm³/mol. The van der Waals surface area contributed by atoms with Crippen LogP contribution in [-0.4, -0.2) is 42.6 Å². The Kier molecular flexibility index (Phi) is 5.97. The maximum atomic E-state index is 13.9. The first-order valence-electron chi connectivity index (χ1n) is 7.91. The maximum Gasteiger partial charge on any atom is 0.511 e. The molecular weight excluding hydrogens is 350 g/mol. The van der Waals surface area contributed by atoms with Gasteiger partial charge in [-0.1, -0.05) is 18.2 Å². The number of ether oxygens (including phenoxy) is 4. The maximum absolute atomic E-state index is 13.9. The van der Waals surface area contributed by atoms with E-state index >= 15 is 0 Å². The molecule has 0 saturated heterocycles. The van der Waals surface area contributed by atoms with Crippen molar-refractivity contribution in [1.29, 1.82) is 0 Å². The summed E-state index contributed by atoms with van der Waals surface area (Å²) in [5.74, 6) is -4.14. The molecule has 1 aromatic rings. The van der Waals surface area contributed by atoms with Crippen LogP contribution in [0.4, 0.5) is 13.6 Å². The van der Waals surface area contributed by atoms with Gasteiger partial charge < -0.3 is 18.9 Å². The van der Waals surface area contributed by atoms with Crippen LogP contribution in [0.2, 0.25) is 0 Å². The molecule has 8 heteroatoms. The lowest BCUT2D eigenvalue weighted by Gasteiger charge is -2.31. The van der Waals surface area contributed by atoms with Gasteiger partial charge in [-0.2, -0.15) is 8.78 Å². The SMILES string of the molecule is CC(C)(C)OC(=O)O[C@H]1C=CC(F)(F)[C@@H](COC(=O)c2ccccc2)O1. The molecule has 0 aromatic heterocycles. The quantitative estimate of drug-likeness (QED) is 0.594. The lowest BCUT2D eigenvalue weighted by Crippen LogP contribution is -2.45. The molecule has 1 aliphatic rings. The van der Waals surface area contributed by atoms with Crippen molar-refractivity contribution >= 4 is 12.1 Å². The van der Waals surface area contributed by atoms with E-state index in [1.54, 1.807) is 39.0 Å². The van der Waals surface area contributed by atoms with Crippen molar-refractivity contribution in [2.75, 3.05) is 6.61 Å². The molecule has 0 radical (unpaired) electrons. The molecule has 1 aliphatic heterocycles. The highest BCUT2D eigenvalue weighted by atomic mass is 19.3. The molecule has 0 fully saturated rings. The van der Waals surface area contributed by atoms with Crippen LogP contribution >= 0.6 is 0 Å². The third-order valence-electron chi connectivity index (χ3n) is 3.18. The van der Waals surface area contributed by atoms with Crippen LogP contribution in [0.15, 0.2) is 42.5 Å². The summed E-state index contributed by atoms with van der Waals surface area (Å²) < 4.78 is 47.6. The van der Waals surface area contributed by atoms with Crippen molar-refractivity contribution in [1.82, 2.24) is 0 Å². The van der Waals surface area contributed by atoms with E-state index in [1.807, 2.05) is 0 Å². The molecule has 0 unspecified atom stereocenters. The third-order valence-corrected chi connectivity index (χ3v) is 3.18. The molecule has 6 nitrogen and oxygen atoms in total. The average Bonchev–Trinajstić information content (AvgIpc) is 2.54. The van der Waals surface area contributed by atoms with E-state index in [2.05, 4.69) is 0 Å². The van der Waals surface area contributed by atoms with E-state index < -0.39 is 42.6 Å². The largest absolute Gasteiger partial charge is 0.511 e. The number of alkyl halides is 2. The predicted octanol–water partition coefficient (Wildman–Crippen LogP) is 3.71. The number of carbonyl (C=O) groups excluding carboxylic acids is 2. The van der Waals surface area contributed by atoms with Gasteiger partial charge in [-0.3, -0.25) is 0 Å². The molecule has 0 aliphatic carbocycles. The minimum atomic E-state index is -3.38. The first-order valence-corrected chi connectivity index (χ1v) is 7.91. The van der Waals surface area contributed by atoms with Gasteiger partial charge in [0.2, 0.25) is 6.29 Å². The fourth-order valence-corrected chi connectivity index (χ4v) is 2.01. The van der Waals surface area contributed by atoms with Gasteiger partial charge in [0.1, 0.15) is 12.2 Å². The Labute approximate surface area is 149 Å². The van der Waals surface area contributed by atoms with Crippen LogP contribution in [0.25, 0.3) is 0 Å². The van der Waals surface area contributed by atoms with Gasteiger partial charge in [0.15, 0.2) is 6.10 Å². The molecule has 142 valence electrons. The van der Waals surface area contributed by atoms with Crippen LogP contribution in [0.1, 0.15) is 31.1 Å². The number of hydrogen-bond acceptors (Lipinski definition) is 6. The molecule has 0 amide bonds. The zero-order chi connectivity index (χ0) is 19.4. The van der Waals surface area contributed by atoms with Crippen LogP contribution < -0.4 is 0 Å². The highest BCUT2D eigenvalue weighted by molar-refractivity contribution is 5.89. The van der Waals surface area contributed by atoms with Crippen LogP contribution in [-0.2, 0) is 18.9 Å². The van der Waals surface area contributed by atoms with Crippen LogP contribution in [0.3, 0.4) is 0 Å². The molecule has 1 aromatic carbocycles. The number of halogens is 2. The molecule has 1 heterocycles. The Balaban J connectivity index is 1.94. The van der Waals surface area contributed by atoms with Crippen LogP contribution in [0.5, 0.6) is 0 Å². The van der Waals surface area contributed by atoms with E-state index in [4.69, 9.17) is 18.9 Å². The number of esters is 1. The smallest absolute Gasteiger partial charge is 0.459 e. The number of benzene rings is 1. The van der Waals surface area contributed by atoms with Gasteiger partial charge in [-0.15, -0.1) is 0 Å². The molecule has 0 bridgehead atoms. The van der Waals surface area contributed by atoms with Crippen molar-refractivity contribution in [3.63, 3.8) is 0 Å². The monoisotopic (exact) mass is 370 g/mol. The summed E-state index contributed by atoms with van der Waals surface area (Å²) in [6, 6.07) is 7.94. The van der Waals surface area contributed by atoms with Gasteiger partial charge in [0.25, 0.3) is 5.92 Å². The summed E-state index contributed by atoms with van der Waals surface area (Å²) in [7, 11) is 0. The second-order valence-corrected chi connectivity index (χ2v) is 6.57. The lowest BCUT2D eigenvalue weighted by atomic mass is 10.1. The van der Waals surface area contributed by atoms with Gasteiger partial charge in [-0.25, -0.2) is 9.59 Å². The number of rotatable bonds is 4. The Bertz CT molecular complexity index is 666. The van der Waals surface area contributed by atoms with Crippen molar-refractivity contribution in [3.8, 4) is 0 Å². The average molecular weight is 370 g/mol. The fourth-order valence-electron chi connectivity index (χ4n) is 2.01. The zero-order valence-electron chi connectivity index (χ0n) is 14.6. The van der Waals surface area contributed by atoms with Gasteiger partial charge in [0.05, 0.1) is 5.56 Å². The van der Waals surface area contributed by atoms with Crippen LogP contribution in [0, 0.1) is 0 Å². The van der Waals surface area contributed by atoms with Crippen molar-refractivity contribution in [2.24, 2.45) is 0 Å². The highest BCUT2D eigenvalue weighted by Crippen LogP contribution is 2.30. The molecule has 0 N–H and O–H groups in total. The molecule has 0 spiro atoms. The summed E-state index contributed by atoms with van der Waals surface area (Å²) in [5, 5.41) is 0. The zero-order valence-corrected chi connectivity index (χ0v) is 14.6. The van der Waals surface area contributed by atoms with Crippen molar-refractivity contribution in [3.05, 3.63) is 48.0 Å². The van der Waals surface area contributed by atoms with Crippen molar-refractivity contribution in [2.45, 2.75) is 44.7 Å². The summed E-state index contributed by atoms with van der Waals surface area (Å²) >= 11 is 0. The Morgan fingerprint density at radius 1 is 1.19 bits per heavy atom. The minimum Gasteiger partial charge on any atom is -0.459 e. The molecule has 2 rings (SSSR count).